The largest absolute Gasteiger partial charge is 0.658 e. The van der Waals surface area contributed by atoms with Gasteiger partial charge in [0.2, 0.25) is 11.9 Å². The van der Waals surface area contributed by atoms with E-state index in [4.69, 9.17) is 21.8 Å². The van der Waals surface area contributed by atoms with Crippen molar-refractivity contribution >= 4 is 48.7 Å². The molecule has 13 nitrogen and oxygen atoms in total. The lowest BCUT2D eigenvalue weighted by atomic mass is 10.00. The minimum atomic E-state index is -3.70. The molecular weight excluding hydrogens is 667 g/mol. The van der Waals surface area contributed by atoms with Crippen molar-refractivity contribution in [1.29, 1.82) is 0 Å². The Labute approximate surface area is 288 Å². The average Bonchev–Trinajstić information content (AvgIpc) is 3.55. The van der Waals surface area contributed by atoms with Crippen LogP contribution < -0.4 is 10.9 Å². The third kappa shape index (κ3) is 11.7. The fourth-order valence-electron chi connectivity index (χ4n) is 6.04. The number of ether oxygens (including phenoxy) is 1. The maximum atomic E-state index is 12.8. The van der Waals surface area contributed by atoms with E-state index < -0.39 is 49.7 Å². The van der Waals surface area contributed by atoms with Crippen molar-refractivity contribution in [3.63, 3.8) is 0 Å². The molecule has 0 spiro atoms. The van der Waals surface area contributed by atoms with Gasteiger partial charge in [-0.1, -0.05) is 71.6 Å². The van der Waals surface area contributed by atoms with Gasteiger partial charge in [-0.05, 0) is 52.1 Å². The monoisotopic (exact) mass is 725 g/mol. The molecule has 3 N–H and O–H groups in total. The number of aliphatic hydroxyl groups excluding tert-OH is 1. The molecule has 3 atom stereocenters. The Morgan fingerprint density at radius 3 is 2.10 bits per heavy atom. The Morgan fingerprint density at radius 2 is 1.56 bits per heavy atom. The van der Waals surface area contributed by atoms with Crippen molar-refractivity contribution in [3.8, 4) is 0 Å². The van der Waals surface area contributed by atoms with Gasteiger partial charge in [0.25, 0.3) is 5.56 Å². The summed E-state index contributed by atoms with van der Waals surface area (Å²) in [4.78, 5) is 36.3. The highest BCUT2D eigenvalue weighted by Crippen LogP contribution is 2.33. The van der Waals surface area contributed by atoms with E-state index in [1.165, 1.54) is 51.3 Å². The van der Waals surface area contributed by atoms with E-state index in [1.54, 1.807) is 18.4 Å². The highest BCUT2D eigenvalue weighted by atomic mass is 28.5. The van der Waals surface area contributed by atoms with Gasteiger partial charge in [0, 0.05) is 12.3 Å². The number of imidazole rings is 1. The molecule has 0 unspecified atom stereocenters. The molecule has 1 aliphatic heterocycles. The van der Waals surface area contributed by atoms with Crippen LogP contribution in [-0.4, -0.2) is 81.1 Å². The standard InChI is InChI=1S/C32H59N5O8Si3/c1-23(2)30(39)35-32-34-29-28(31(40)36-32)33-22-37(29)27-20-25(38)26(42-27)21-41-48(44-46(3,4)5,45-47(6,7)8)43-24-18-16-14-12-10-9-11-13-15-17-19-24/h22-27,38H,9-21H2,1-8H3,(H2,34,35,36,39,40)/t25-,26+,27+/m0/s1. The quantitative estimate of drug-likeness (QED) is 0.215. The van der Waals surface area contributed by atoms with Crippen LogP contribution in [0.3, 0.4) is 0 Å². The van der Waals surface area contributed by atoms with E-state index in [1.807, 2.05) is 0 Å². The molecule has 1 amide bonds. The first-order chi connectivity index (χ1) is 22.5. The highest BCUT2D eigenvalue weighted by molar-refractivity contribution is 6.83. The van der Waals surface area contributed by atoms with E-state index >= 15 is 0 Å². The predicted molar refractivity (Wildman–Crippen MR) is 192 cm³/mol. The SMILES string of the molecule is CC(C)C(=O)Nc1nc2c(ncn2[C@H]2C[C@H](O)[C@@H](CO[Si](OC3CCCCCCCCCCC3)(O[Si](C)(C)C)O[Si](C)(C)C)O2)c(=O)[nH]1. The lowest BCUT2D eigenvalue weighted by molar-refractivity contribution is -0.118. The molecule has 0 aromatic carbocycles. The van der Waals surface area contributed by atoms with Crippen LogP contribution in [0.15, 0.2) is 11.1 Å². The molecule has 4 rings (SSSR count). The zero-order valence-corrected chi connectivity index (χ0v) is 33.3. The maximum absolute atomic E-state index is 12.8. The maximum Gasteiger partial charge on any atom is 0.658 e. The van der Waals surface area contributed by atoms with Crippen LogP contribution in [0.4, 0.5) is 5.95 Å². The number of aromatic nitrogens is 4. The average molecular weight is 726 g/mol. The molecule has 1 aliphatic carbocycles. The van der Waals surface area contributed by atoms with E-state index in [0.29, 0.717) is 0 Å². The van der Waals surface area contributed by atoms with E-state index in [2.05, 4.69) is 59.6 Å². The van der Waals surface area contributed by atoms with Crippen LogP contribution in [0, 0.1) is 5.92 Å². The smallest absolute Gasteiger partial charge is 0.395 e. The van der Waals surface area contributed by atoms with Crippen molar-refractivity contribution in [2.24, 2.45) is 5.92 Å². The second-order valence-electron chi connectivity index (χ2n) is 15.6. The third-order valence-electron chi connectivity index (χ3n) is 8.36. The van der Waals surface area contributed by atoms with Crippen LogP contribution in [0.2, 0.25) is 39.3 Å². The summed E-state index contributed by atoms with van der Waals surface area (Å²) in [6.07, 6.45) is 12.3. The molecule has 2 aliphatic rings. The van der Waals surface area contributed by atoms with Gasteiger partial charge < -0.3 is 26.9 Å². The lowest BCUT2D eigenvalue weighted by Crippen LogP contribution is -2.61. The third-order valence-corrected chi connectivity index (χ3v) is 16.4. The lowest BCUT2D eigenvalue weighted by Gasteiger charge is -2.40. The molecule has 0 bridgehead atoms. The number of carbonyl (C=O) groups excluding carboxylic acids is 1. The minimum Gasteiger partial charge on any atom is -0.395 e. The first-order valence-electron chi connectivity index (χ1n) is 17.9. The Hall–Kier alpha value is -1.77. The molecule has 272 valence electrons. The molecule has 16 heteroatoms. The van der Waals surface area contributed by atoms with Gasteiger partial charge >= 0.3 is 9.05 Å². The normalized spacial score (nSPS) is 22.9. The molecular formula is C32H59N5O8Si3. The van der Waals surface area contributed by atoms with Gasteiger partial charge in [-0.25, -0.2) is 4.98 Å². The molecule has 3 heterocycles. The summed E-state index contributed by atoms with van der Waals surface area (Å²) in [6, 6.07) is 0. The first-order valence-corrected chi connectivity index (χ1v) is 26.3. The van der Waals surface area contributed by atoms with Crippen LogP contribution in [0.1, 0.15) is 97.1 Å². The van der Waals surface area contributed by atoms with Crippen LogP contribution in [0.25, 0.3) is 11.2 Å². The van der Waals surface area contributed by atoms with E-state index in [0.717, 1.165) is 25.7 Å². The zero-order chi connectivity index (χ0) is 35.1. The summed E-state index contributed by atoms with van der Waals surface area (Å²) >= 11 is 0. The zero-order valence-electron chi connectivity index (χ0n) is 30.3. The minimum absolute atomic E-state index is 0.0158. The number of H-pyrrole nitrogens is 1. The number of aromatic amines is 1. The van der Waals surface area contributed by atoms with Gasteiger partial charge in [0.15, 0.2) is 27.8 Å². The van der Waals surface area contributed by atoms with Crippen molar-refractivity contribution in [2.45, 2.75) is 155 Å². The summed E-state index contributed by atoms with van der Waals surface area (Å²) < 4.78 is 35.2. The number of nitrogens with one attached hydrogen (secondary N) is 2. The topological polar surface area (TPSA) is 159 Å². The summed E-state index contributed by atoms with van der Waals surface area (Å²) in [7, 11) is -8.14. The number of carbonyl (C=O) groups is 1. The van der Waals surface area contributed by atoms with E-state index in [9.17, 15) is 14.7 Å². The first kappa shape index (κ1) is 39.0. The van der Waals surface area contributed by atoms with Crippen LogP contribution in [0.5, 0.6) is 0 Å². The van der Waals surface area contributed by atoms with Crippen molar-refractivity contribution in [3.05, 3.63) is 16.7 Å². The number of hydrogen-bond acceptors (Lipinski definition) is 10. The fourth-order valence-corrected chi connectivity index (χ4v) is 14.5. The van der Waals surface area contributed by atoms with Crippen molar-refractivity contribution < 1.29 is 31.7 Å². The van der Waals surface area contributed by atoms with Gasteiger partial charge in [-0.2, -0.15) is 4.98 Å². The Bertz CT molecular complexity index is 1360. The Kier molecular flexibility index (Phi) is 13.8. The Balaban J connectivity index is 1.55. The second-order valence-corrected chi connectivity index (χ2v) is 27.2. The number of fused-ring (bicyclic) bond motifs is 1. The van der Waals surface area contributed by atoms with Crippen LogP contribution in [-0.2, 0) is 26.6 Å². The second kappa shape index (κ2) is 17.0. The number of rotatable bonds is 12. The molecule has 2 aromatic rings. The molecule has 2 fully saturated rings. The molecule has 2 aromatic heterocycles. The van der Waals surface area contributed by atoms with Gasteiger partial charge in [-0.3, -0.25) is 24.5 Å². The number of anilines is 1. The molecule has 1 saturated carbocycles. The summed E-state index contributed by atoms with van der Waals surface area (Å²) in [5.74, 6) is -0.548. The Morgan fingerprint density at radius 1 is 1.00 bits per heavy atom. The predicted octanol–water partition coefficient (Wildman–Crippen LogP) is 6.21. The van der Waals surface area contributed by atoms with Gasteiger partial charge in [0.1, 0.15) is 12.3 Å². The number of hydrogen-bond donors (Lipinski definition) is 3. The van der Waals surface area contributed by atoms with E-state index in [-0.39, 0.29) is 48.1 Å². The molecule has 48 heavy (non-hydrogen) atoms. The van der Waals surface area contributed by atoms with Gasteiger partial charge in [-0.15, -0.1) is 0 Å². The number of nitrogens with zero attached hydrogens (tertiary/aromatic N) is 3. The van der Waals surface area contributed by atoms with Crippen molar-refractivity contribution in [1.82, 2.24) is 19.5 Å². The van der Waals surface area contributed by atoms with Crippen LogP contribution >= 0.6 is 0 Å². The fraction of sp³-hybridized carbons (Fsp3) is 0.812. The molecule has 0 radical (unpaired) electrons. The summed E-state index contributed by atoms with van der Waals surface area (Å²) in [5.41, 5.74) is -0.127. The highest BCUT2D eigenvalue weighted by Gasteiger charge is 2.54. The molecule has 1 saturated heterocycles. The number of amides is 1. The van der Waals surface area contributed by atoms with Crippen molar-refractivity contribution in [2.75, 3.05) is 11.9 Å². The summed E-state index contributed by atoms with van der Waals surface area (Å²) in [5, 5.41) is 13.8. The number of aliphatic hydroxyl groups is 1. The van der Waals surface area contributed by atoms with Gasteiger partial charge in [0.05, 0.1) is 25.1 Å². The summed E-state index contributed by atoms with van der Waals surface area (Å²) in [6.45, 7) is 16.2.